The molecule has 0 saturated carbocycles. The van der Waals surface area contributed by atoms with Crippen LogP contribution >= 0.6 is 0 Å². The van der Waals surface area contributed by atoms with Crippen molar-refractivity contribution in [2.45, 2.75) is 18.9 Å². The zero-order chi connectivity index (χ0) is 13.7. The molecule has 0 amide bonds. The molecule has 1 saturated heterocycles. The summed E-state index contributed by atoms with van der Waals surface area (Å²) in [5.41, 5.74) is 0.660. The first-order valence-electron chi connectivity index (χ1n) is 6.84. The molecule has 1 heterocycles. The number of nitrogens with zero attached hydrogens (tertiary/aromatic N) is 1. The van der Waals surface area contributed by atoms with Crippen LogP contribution in [-0.4, -0.2) is 43.4 Å². The van der Waals surface area contributed by atoms with E-state index in [0.29, 0.717) is 17.9 Å². The zero-order valence-corrected chi connectivity index (χ0v) is 11.4. The molecule has 0 spiro atoms. The molecule has 1 aliphatic rings. The molecule has 106 valence electrons. The smallest absolute Gasteiger partial charge is 0.123 e. The van der Waals surface area contributed by atoms with E-state index in [0.717, 1.165) is 32.7 Å². The average molecular weight is 267 g/mol. The third-order valence-electron chi connectivity index (χ3n) is 3.72. The van der Waals surface area contributed by atoms with Crippen molar-refractivity contribution in [3.63, 3.8) is 0 Å². The van der Waals surface area contributed by atoms with Crippen LogP contribution in [-0.2, 0) is 4.74 Å². The summed E-state index contributed by atoms with van der Waals surface area (Å²) in [7, 11) is 1.73. The van der Waals surface area contributed by atoms with E-state index in [1.165, 1.54) is 12.1 Å². The second-order valence-corrected chi connectivity index (χ2v) is 5.27. The predicted molar refractivity (Wildman–Crippen MR) is 72.4 cm³/mol. The maximum absolute atomic E-state index is 13.1. The first kappa shape index (κ1) is 14.4. The van der Waals surface area contributed by atoms with E-state index in [2.05, 4.69) is 4.90 Å². The van der Waals surface area contributed by atoms with E-state index in [-0.39, 0.29) is 5.82 Å². The molecule has 0 bridgehead atoms. The lowest BCUT2D eigenvalue weighted by Gasteiger charge is -2.18. The summed E-state index contributed by atoms with van der Waals surface area (Å²) in [6.45, 7) is 3.74. The number of aliphatic hydroxyl groups is 1. The van der Waals surface area contributed by atoms with Crippen molar-refractivity contribution in [1.82, 2.24) is 4.90 Å². The van der Waals surface area contributed by atoms with Crippen LogP contribution in [0, 0.1) is 11.7 Å². The molecule has 0 aliphatic carbocycles. The number of rotatable bonds is 6. The summed E-state index contributed by atoms with van der Waals surface area (Å²) in [5, 5.41) is 10.1. The SMILES string of the molecule is COCC1CCN(CCC(O)c2cccc(F)c2)C1. The normalized spacial score (nSPS) is 21.7. The molecule has 2 rings (SSSR count). The number of aliphatic hydroxyl groups excluding tert-OH is 1. The summed E-state index contributed by atoms with van der Waals surface area (Å²) >= 11 is 0. The fourth-order valence-electron chi connectivity index (χ4n) is 2.67. The molecule has 1 fully saturated rings. The highest BCUT2D eigenvalue weighted by Gasteiger charge is 2.22. The Balaban J connectivity index is 1.76. The molecule has 3 nitrogen and oxygen atoms in total. The van der Waals surface area contributed by atoms with Crippen molar-refractivity contribution in [2.24, 2.45) is 5.92 Å². The molecule has 1 N–H and O–H groups in total. The largest absolute Gasteiger partial charge is 0.388 e. The molecule has 4 heteroatoms. The minimum Gasteiger partial charge on any atom is -0.388 e. The Hall–Kier alpha value is -0.970. The average Bonchev–Trinajstić information content (AvgIpc) is 2.84. The molecule has 19 heavy (non-hydrogen) atoms. The van der Waals surface area contributed by atoms with E-state index in [1.54, 1.807) is 19.2 Å². The lowest BCUT2D eigenvalue weighted by atomic mass is 10.1. The number of methoxy groups -OCH3 is 1. The molecule has 1 aromatic carbocycles. The van der Waals surface area contributed by atoms with Gasteiger partial charge in [0.2, 0.25) is 0 Å². The summed E-state index contributed by atoms with van der Waals surface area (Å²) in [6, 6.07) is 6.21. The van der Waals surface area contributed by atoms with Crippen LogP contribution in [0.4, 0.5) is 4.39 Å². The van der Waals surface area contributed by atoms with Crippen LogP contribution in [0.15, 0.2) is 24.3 Å². The van der Waals surface area contributed by atoms with Crippen molar-refractivity contribution >= 4 is 0 Å². The Morgan fingerprint density at radius 3 is 3.11 bits per heavy atom. The van der Waals surface area contributed by atoms with Crippen LogP contribution < -0.4 is 0 Å². The Morgan fingerprint density at radius 1 is 1.53 bits per heavy atom. The molecule has 0 aromatic heterocycles. The summed E-state index contributed by atoms with van der Waals surface area (Å²) in [5.74, 6) is 0.314. The second kappa shape index (κ2) is 6.98. The molecular weight excluding hydrogens is 245 g/mol. The fraction of sp³-hybridized carbons (Fsp3) is 0.600. The summed E-state index contributed by atoms with van der Waals surface area (Å²) in [4.78, 5) is 2.34. The van der Waals surface area contributed by atoms with Gasteiger partial charge in [-0.1, -0.05) is 12.1 Å². The van der Waals surface area contributed by atoms with Gasteiger partial charge in [0.15, 0.2) is 0 Å². The molecule has 1 aliphatic heterocycles. The lowest BCUT2D eigenvalue weighted by Crippen LogP contribution is -2.24. The number of ether oxygens (including phenoxy) is 1. The number of halogens is 1. The van der Waals surface area contributed by atoms with E-state index in [9.17, 15) is 9.50 Å². The van der Waals surface area contributed by atoms with E-state index >= 15 is 0 Å². The Bertz CT molecular complexity index is 399. The molecular formula is C15H22FNO2. The highest BCUT2D eigenvalue weighted by molar-refractivity contribution is 5.18. The highest BCUT2D eigenvalue weighted by Crippen LogP contribution is 2.21. The van der Waals surface area contributed by atoms with E-state index < -0.39 is 6.10 Å². The van der Waals surface area contributed by atoms with Crippen molar-refractivity contribution in [2.75, 3.05) is 33.4 Å². The topological polar surface area (TPSA) is 32.7 Å². The maximum atomic E-state index is 13.1. The van der Waals surface area contributed by atoms with Gasteiger partial charge in [0.05, 0.1) is 12.7 Å². The van der Waals surface area contributed by atoms with Crippen molar-refractivity contribution in [3.8, 4) is 0 Å². The van der Waals surface area contributed by atoms with Crippen LogP contribution in [0.1, 0.15) is 24.5 Å². The van der Waals surface area contributed by atoms with Crippen LogP contribution in [0.2, 0.25) is 0 Å². The van der Waals surface area contributed by atoms with E-state index in [4.69, 9.17) is 4.74 Å². The highest BCUT2D eigenvalue weighted by atomic mass is 19.1. The standard InChI is InChI=1S/C15H22FNO2/c1-19-11-12-5-7-17(10-12)8-6-15(18)13-3-2-4-14(16)9-13/h2-4,9,12,15,18H,5-8,10-11H2,1H3. The van der Waals surface area contributed by atoms with Gasteiger partial charge in [0, 0.05) is 20.2 Å². The number of hydrogen-bond donors (Lipinski definition) is 1. The molecule has 2 unspecified atom stereocenters. The Kier molecular flexibility index (Phi) is 5.31. The summed E-state index contributed by atoms with van der Waals surface area (Å²) in [6.07, 6.45) is 1.21. The maximum Gasteiger partial charge on any atom is 0.123 e. The van der Waals surface area contributed by atoms with Gasteiger partial charge in [-0.25, -0.2) is 4.39 Å². The zero-order valence-electron chi connectivity index (χ0n) is 11.4. The van der Waals surface area contributed by atoms with Crippen LogP contribution in [0.25, 0.3) is 0 Å². The molecule has 1 aromatic rings. The number of likely N-dealkylation sites (tertiary alicyclic amines) is 1. The van der Waals surface area contributed by atoms with Gasteiger partial charge in [-0.3, -0.25) is 0 Å². The van der Waals surface area contributed by atoms with Gasteiger partial charge in [0.1, 0.15) is 5.82 Å². The summed E-state index contributed by atoms with van der Waals surface area (Å²) < 4.78 is 18.2. The monoisotopic (exact) mass is 267 g/mol. The van der Waals surface area contributed by atoms with Crippen molar-refractivity contribution < 1.29 is 14.2 Å². The second-order valence-electron chi connectivity index (χ2n) is 5.27. The van der Waals surface area contributed by atoms with Crippen molar-refractivity contribution in [1.29, 1.82) is 0 Å². The van der Waals surface area contributed by atoms with Crippen LogP contribution in [0.5, 0.6) is 0 Å². The quantitative estimate of drug-likeness (QED) is 0.858. The number of benzene rings is 1. The van der Waals surface area contributed by atoms with Gasteiger partial charge in [-0.2, -0.15) is 0 Å². The predicted octanol–water partition coefficient (Wildman–Crippen LogP) is 2.22. The van der Waals surface area contributed by atoms with Crippen molar-refractivity contribution in [3.05, 3.63) is 35.6 Å². The van der Waals surface area contributed by atoms with Gasteiger partial charge < -0.3 is 14.7 Å². The van der Waals surface area contributed by atoms with Gasteiger partial charge in [-0.15, -0.1) is 0 Å². The number of hydrogen-bond acceptors (Lipinski definition) is 3. The van der Waals surface area contributed by atoms with Gasteiger partial charge in [0.25, 0.3) is 0 Å². The first-order chi connectivity index (χ1) is 9.19. The minimum atomic E-state index is -0.586. The van der Waals surface area contributed by atoms with E-state index in [1.807, 2.05) is 0 Å². The fourth-order valence-corrected chi connectivity index (χ4v) is 2.67. The minimum absolute atomic E-state index is 0.294. The lowest BCUT2D eigenvalue weighted by molar-refractivity contribution is 0.137. The molecule has 2 atom stereocenters. The molecule has 0 radical (unpaired) electrons. The third kappa shape index (κ3) is 4.27. The Labute approximate surface area is 114 Å². The van der Waals surface area contributed by atoms with Crippen LogP contribution in [0.3, 0.4) is 0 Å². The Morgan fingerprint density at radius 2 is 2.37 bits per heavy atom. The van der Waals surface area contributed by atoms with Gasteiger partial charge >= 0.3 is 0 Å². The third-order valence-corrected chi connectivity index (χ3v) is 3.72. The first-order valence-corrected chi connectivity index (χ1v) is 6.84. The van der Waals surface area contributed by atoms with Gasteiger partial charge in [-0.05, 0) is 43.0 Å².